The Labute approximate surface area is 173 Å². The summed E-state index contributed by atoms with van der Waals surface area (Å²) in [5, 5.41) is 2.95. The number of amides is 1. The maximum absolute atomic E-state index is 12.0. The average molecular weight is 402 g/mol. The minimum absolute atomic E-state index is 0.0271. The SMILES string of the molecule is CCOc1ccc(CCNC(=O)CCCOc2ccc(OC)cc2)cc1OCC. The Morgan fingerprint density at radius 2 is 1.59 bits per heavy atom. The summed E-state index contributed by atoms with van der Waals surface area (Å²) < 4.78 is 22.0. The standard InChI is InChI=1S/C23H31NO5/c1-4-27-21-13-8-18(17-22(21)28-5-2)14-15-24-23(25)7-6-16-29-20-11-9-19(26-3)10-12-20/h8-13,17H,4-7,14-16H2,1-3H3,(H,24,25). The third kappa shape index (κ3) is 7.94. The highest BCUT2D eigenvalue weighted by atomic mass is 16.5. The number of ether oxygens (including phenoxy) is 4. The van der Waals surface area contributed by atoms with Crippen molar-refractivity contribution in [3.8, 4) is 23.0 Å². The lowest BCUT2D eigenvalue weighted by Crippen LogP contribution is -2.25. The molecule has 0 heterocycles. The molecule has 2 rings (SSSR count). The van der Waals surface area contributed by atoms with Crippen LogP contribution in [0.1, 0.15) is 32.3 Å². The van der Waals surface area contributed by atoms with Crippen molar-refractivity contribution in [3.63, 3.8) is 0 Å². The number of nitrogens with one attached hydrogen (secondary N) is 1. The third-order valence-electron chi connectivity index (χ3n) is 4.22. The van der Waals surface area contributed by atoms with Crippen LogP contribution in [0.25, 0.3) is 0 Å². The Bertz CT molecular complexity index is 745. The zero-order chi connectivity index (χ0) is 20.9. The van der Waals surface area contributed by atoms with Crippen molar-refractivity contribution in [2.45, 2.75) is 33.1 Å². The predicted octanol–water partition coefficient (Wildman–Crippen LogP) is 4.01. The highest BCUT2D eigenvalue weighted by molar-refractivity contribution is 5.75. The summed E-state index contributed by atoms with van der Waals surface area (Å²) in [6.45, 7) is 6.15. The fourth-order valence-electron chi connectivity index (χ4n) is 2.78. The monoisotopic (exact) mass is 401 g/mol. The topological polar surface area (TPSA) is 66.0 Å². The molecule has 158 valence electrons. The molecule has 0 spiro atoms. The summed E-state index contributed by atoms with van der Waals surface area (Å²) in [6.07, 6.45) is 1.83. The van der Waals surface area contributed by atoms with Crippen molar-refractivity contribution >= 4 is 5.91 Å². The van der Waals surface area contributed by atoms with Crippen LogP contribution in [0.4, 0.5) is 0 Å². The van der Waals surface area contributed by atoms with Gasteiger partial charge in [-0.15, -0.1) is 0 Å². The molecule has 29 heavy (non-hydrogen) atoms. The van der Waals surface area contributed by atoms with E-state index in [2.05, 4.69) is 5.32 Å². The van der Waals surface area contributed by atoms with Gasteiger partial charge in [-0.1, -0.05) is 6.07 Å². The van der Waals surface area contributed by atoms with Gasteiger partial charge in [0.25, 0.3) is 0 Å². The summed E-state index contributed by atoms with van der Waals surface area (Å²) in [5.41, 5.74) is 1.10. The Kier molecular flexibility index (Phi) is 9.69. The van der Waals surface area contributed by atoms with E-state index in [0.29, 0.717) is 39.2 Å². The first-order valence-electron chi connectivity index (χ1n) is 10.1. The van der Waals surface area contributed by atoms with Gasteiger partial charge in [-0.05, 0) is 68.7 Å². The van der Waals surface area contributed by atoms with Crippen LogP contribution in [-0.4, -0.2) is 39.4 Å². The van der Waals surface area contributed by atoms with Crippen molar-refractivity contribution in [1.29, 1.82) is 0 Å². The van der Waals surface area contributed by atoms with Crippen molar-refractivity contribution in [1.82, 2.24) is 5.32 Å². The Balaban J connectivity index is 1.66. The van der Waals surface area contributed by atoms with Crippen LogP contribution in [0.3, 0.4) is 0 Å². The molecular weight excluding hydrogens is 370 g/mol. The van der Waals surface area contributed by atoms with Gasteiger partial charge in [0, 0.05) is 13.0 Å². The zero-order valence-electron chi connectivity index (χ0n) is 17.5. The first-order valence-corrected chi connectivity index (χ1v) is 10.1. The number of hydrogen-bond acceptors (Lipinski definition) is 5. The van der Waals surface area contributed by atoms with Gasteiger partial charge < -0.3 is 24.3 Å². The quantitative estimate of drug-likeness (QED) is 0.514. The van der Waals surface area contributed by atoms with Gasteiger partial charge in [0.1, 0.15) is 11.5 Å². The van der Waals surface area contributed by atoms with Gasteiger partial charge in [0.15, 0.2) is 11.5 Å². The molecule has 0 unspecified atom stereocenters. The summed E-state index contributed by atoms with van der Waals surface area (Å²) in [7, 11) is 1.63. The van der Waals surface area contributed by atoms with Gasteiger partial charge in [-0.3, -0.25) is 4.79 Å². The minimum atomic E-state index is 0.0271. The first kappa shape index (κ1) is 22.4. The minimum Gasteiger partial charge on any atom is -0.497 e. The number of methoxy groups -OCH3 is 1. The van der Waals surface area contributed by atoms with Crippen LogP contribution < -0.4 is 24.3 Å². The van der Waals surface area contributed by atoms with Gasteiger partial charge in [-0.25, -0.2) is 0 Å². The van der Waals surface area contributed by atoms with Crippen LogP contribution in [0.15, 0.2) is 42.5 Å². The summed E-state index contributed by atoms with van der Waals surface area (Å²) in [5.74, 6) is 3.08. The molecule has 2 aromatic rings. The van der Waals surface area contributed by atoms with Crippen molar-refractivity contribution in [3.05, 3.63) is 48.0 Å². The molecule has 0 fully saturated rings. The highest BCUT2D eigenvalue weighted by Gasteiger charge is 2.07. The number of rotatable bonds is 13. The third-order valence-corrected chi connectivity index (χ3v) is 4.22. The maximum atomic E-state index is 12.0. The summed E-state index contributed by atoms with van der Waals surface area (Å²) in [6, 6.07) is 13.3. The lowest BCUT2D eigenvalue weighted by molar-refractivity contribution is -0.121. The second-order valence-electron chi connectivity index (χ2n) is 6.37. The lowest BCUT2D eigenvalue weighted by atomic mass is 10.1. The van der Waals surface area contributed by atoms with Crippen molar-refractivity contribution < 1.29 is 23.7 Å². The molecule has 0 atom stereocenters. The number of benzene rings is 2. The predicted molar refractivity (Wildman–Crippen MR) is 113 cm³/mol. The lowest BCUT2D eigenvalue weighted by Gasteiger charge is -2.12. The maximum Gasteiger partial charge on any atom is 0.220 e. The largest absolute Gasteiger partial charge is 0.497 e. The molecule has 6 nitrogen and oxygen atoms in total. The van der Waals surface area contributed by atoms with E-state index >= 15 is 0 Å². The molecule has 0 aliphatic carbocycles. The molecule has 1 N–H and O–H groups in total. The molecule has 0 aliphatic heterocycles. The zero-order valence-corrected chi connectivity index (χ0v) is 17.5. The van der Waals surface area contributed by atoms with E-state index in [4.69, 9.17) is 18.9 Å². The molecule has 0 radical (unpaired) electrons. The normalized spacial score (nSPS) is 10.3. The molecule has 2 aromatic carbocycles. The van der Waals surface area contributed by atoms with E-state index in [9.17, 15) is 4.79 Å². The second kappa shape index (κ2) is 12.5. The molecule has 6 heteroatoms. The van der Waals surface area contributed by atoms with Crippen LogP contribution in [0.2, 0.25) is 0 Å². The number of carbonyl (C=O) groups excluding carboxylic acids is 1. The van der Waals surface area contributed by atoms with Crippen LogP contribution >= 0.6 is 0 Å². The first-order chi connectivity index (χ1) is 14.2. The summed E-state index contributed by atoms with van der Waals surface area (Å²) in [4.78, 5) is 12.0. The van der Waals surface area contributed by atoms with Crippen LogP contribution in [-0.2, 0) is 11.2 Å². The second-order valence-corrected chi connectivity index (χ2v) is 6.37. The Hall–Kier alpha value is -2.89. The smallest absolute Gasteiger partial charge is 0.220 e. The van der Waals surface area contributed by atoms with E-state index < -0.39 is 0 Å². The van der Waals surface area contributed by atoms with E-state index in [1.165, 1.54) is 0 Å². The Morgan fingerprint density at radius 3 is 2.28 bits per heavy atom. The fourth-order valence-corrected chi connectivity index (χ4v) is 2.78. The van der Waals surface area contributed by atoms with Gasteiger partial charge in [-0.2, -0.15) is 0 Å². The molecule has 0 saturated heterocycles. The molecular formula is C23H31NO5. The van der Waals surface area contributed by atoms with E-state index in [-0.39, 0.29) is 5.91 Å². The van der Waals surface area contributed by atoms with E-state index in [1.54, 1.807) is 7.11 Å². The van der Waals surface area contributed by atoms with Crippen molar-refractivity contribution in [2.75, 3.05) is 33.5 Å². The number of hydrogen-bond donors (Lipinski definition) is 1. The van der Waals surface area contributed by atoms with Gasteiger partial charge in [0.05, 0.1) is 26.9 Å². The fraction of sp³-hybridized carbons (Fsp3) is 0.435. The summed E-state index contributed by atoms with van der Waals surface area (Å²) >= 11 is 0. The molecule has 0 aromatic heterocycles. The van der Waals surface area contributed by atoms with Gasteiger partial charge >= 0.3 is 0 Å². The van der Waals surface area contributed by atoms with E-state index in [0.717, 1.165) is 35.0 Å². The van der Waals surface area contributed by atoms with Crippen molar-refractivity contribution in [2.24, 2.45) is 0 Å². The highest BCUT2D eigenvalue weighted by Crippen LogP contribution is 2.28. The van der Waals surface area contributed by atoms with Gasteiger partial charge in [0.2, 0.25) is 5.91 Å². The molecule has 0 saturated carbocycles. The van der Waals surface area contributed by atoms with Crippen LogP contribution in [0.5, 0.6) is 23.0 Å². The Morgan fingerprint density at radius 1 is 0.897 bits per heavy atom. The molecule has 0 bridgehead atoms. The van der Waals surface area contributed by atoms with Crippen LogP contribution in [0, 0.1) is 0 Å². The molecule has 0 aliphatic rings. The number of carbonyl (C=O) groups is 1. The van der Waals surface area contributed by atoms with E-state index in [1.807, 2.05) is 56.3 Å². The average Bonchev–Trinajstić information content (AvgIpc) is 2.74. The molecule has 1 amide bonds.